The van der Waals surface area contributed by atoms with Crippen LogP contribution in [-0.4, -0.2) is 49.1 Å². The number of nitrogens with one attached hydrogen (secondary N) is 1. The van der Waals surface area contributed by atoms with Gasteiger partial charge in [0.25, 0.3) is 0 Å². The fourth-order valence-corrected chi connectivity index (χ4v) is 4.33. The lowest BCUT2D eigenvalue weighted by Gasteiger charge is -2.32. The number of likely N-dealkylation sites (N-methyl/N-ethyl adjacent to an activating group) is 1. The molecule has 0 bridgehead atoms. The summed E-state index contributed by atoms with van der Waals surface area (Å²) in [5.74, 6) is 0. The number of quaternary nitrogens is 1. The third-order valence-corrected chi connectivity index (χ3v) is 6.00. The number of carbonyl (C=O) groups excluding carboxylic acids is 1. The van der Waals surface area contributed by atoms with Crippen LogP contribution in [0.25, 0.3) is 0 Å². The van der Waals surface area contributed by atoms with Crippen molar-refractivity contribution in [2.45, 2.75) is 12.1 Å². The Morgan fingerprint density at radius 3 is 1.84 bits per heavy atom. The molecule has 1 aliphatic rings. The molecule has 1 aliphatic heterocycles. The molecule has 0 unspecified atom stereocenters. The molecule has 5 heteroatoms. The first kappa shape index (κ1) is 23.0. The third kappa shape index (κ3) is 5.17. The molecule has 0 aromatic heterocycles. The number of benzene rings is 3. The Hall–Kier alpha value is -2.63. The molecule has 1 heterocycles. The second-order valence-corrected chi connectivity index (χ2v) is 8.79. The predicted molar refractivity (Wildman–Crippen MR) is 121 cm³/mol. The Morgan fingerprint density at radius 2 is 1.32 bits per heavy atom. The van der Waals surface area contributed by atoms with E-state index in [1.165, 1.54) is 5.56 Å². The van der Waals surface area contributed by atoms with Gasteiger partial charge < -0.3 is 31.7 Å². The van der Waals surface area contributed by atoms with Crippen LogP contribution in [0.4, 0.5) is 4.79 Å². The van der Waals surface area contributed by atoms with Crippen LogP contribution in [0, 0.1) is 0 Å². The van der Waals surface area contributed by atoms with Gasteiger partial charge in [0.1, 0.15) is 12.1 Å². The predicted octanol–water partition coefficient (Wildman–Crippen LogP) is 1.24. The Labute approximate surface area is 195 Å². The summed E-state index contributed by atoms with van der Waals surface area (Å²) in [6.45, 7) is 3.18. The number of halogens is 1. The van der Waals surface area contributed by atoms with Crippen molar-refractivity contribution in [3.8, 4) is 0 Å². The minimum atomic E-state index is -0.518. The molecule has 0 atom stereocenters. The van der Waals surface area contributed by atoms with Crippen LogP contribution in [0.2, 0.25) is 0 Å². The van der Waals surface area contributed by atoms with Gasteiger partial charge in [-0.15, -0.1) is 0 Å². The van der Waals surface area contributed by atoms with Gasteiger partial charge in [-0.2, -0.15) is 0 Å². The summed E-state index contributed by atoms with van der Waals surface area (Å²) in [6.07, 6.45) is 0. The van der Waals surface area contributed by atoms with E-state index in [1.807, 2.05) is 47.4 Å². The average Bonchev–Trinajstić information content (AvgIpc) is 3.12. The first-order chi connectivity index (χ1) is 14.5. The van der Waals surface area contributed by atoms with Crippen LogP contribution >= 0.6 is 0 Å². The van der Waals surface area contributed by atoms with Gasteiger partial charge in [-0.1, -0.05) is 91.0 Å². The van der Waals surface area contributed by atoms with Gasteiger partial charge in [-0.25, -0.2) is 4.79 Å². The molecule has 4 nitrogen and oxygen atoms in total. The van der Waals surface area contributed by atoms with Gasteiger partial charge in [0, 0.05) is 5.56 Å². The molecule has 1 fully saturated rings. The lowest BCUT2D eigenvalue weighted by Crippen LogP contribution is -3.00. The Kier molecular flexibility index (Phi) is 7.19. The molecule has 3 aromatic rings. The van der Waals surface area contributed by atoms with Gasteiger partial charge in [-0.05, 0) is 11.1 Å². The normalized spacial score (nSPS) is 15.3. The summed E-state index contributed by atoms with van der Waals surface area (Å²) in [6, 6.07) is 31.1. The lowest BCUT2D eigenvalue weighted by atomic mass is 9.83. The topological polar surface area (TPSA) is 32.3 Å². The van der Waals surface area contributed by atoms with Gasteiger partial charge >= 0.3 is 6.03 Å². The molecule has 0 aliphatic carbocycles. The highest BCUT2D eigenvalue weighted by Gasteiger charge is 2.45. The quantitative estimate of drug-likeness (QED) is 0.508. The van der Waals surface area contributed by atoms with Crippen molar-refractivity contribution >= 4 is 6.03 Å². The molecule has 0 saturated carbocycles. The fourth-order valence-electron chi connectivity index (χ4n) is 4.33. The second-order valence-electron chi connectivity index (χ2n) is 8.79. The minimum Gasteiger partial charge on any atom is -1.00 e. The number of hydrogen-bond donors (Lipinski definition) is 1. The maximum atomic E-state index is 13.0. The minimum absolute atomic E-state index is 0. The van der Waals surface area contributed by atoms with Crippen molar-refractivity contribution in [1.82, 2.24) is 10.2 Å². The zero-order chi connectivity index (χ0) is 21.0. The van der Waals surface area contributed by atoms with E-state index in [9.17, 15) is 4.79 Å². The van der Waals surface area contributed by atoms with Crippen LogP contribution in [0.5, 0.6) is 0 Å². The van der Waals surface area contributed by atoms with Crippen molar-refractivity contribution < 1.29 is 26.3 Å². The SMILES string of the molecule is C[N+](C)(CCN1CC(c2ccccc2)(c2ccccc2)NC1=O)Cc1ccccc1.[Br-]. The van der Waals surface area contributed by atoms with Crippen molar-refractivity contribution in [3.63, 3.8) is 0 Å². The summed E-state index contributed by atoms with van der Waals surface area (Å²) >= 11 is 0. The van der Waals surface area contributed by atoms with Gasteiger partial charge in [0.05, 0.1) is 33.7 Å². The molecule has 31 heavy (non-hydrogen) atoms. The maximum absolute atomic E-state index is 13.0. The summed E-state index contributed by atoms with van der Waals surface area (Å²) in [4.78, 5) is 15.0. The van der Waals surface area contributed by atoms with Crippen molar-refractivity contribution in [2.24, 2.45) is 0 Å². The Bertz CT molecular complexity index is 938. The van der Waals surface area contributed by atoms with E-state index >= 15 is 0 Å². The van der Waals surface area contributed by atoms with Crippen LogP contribution in [0.15, 0.2) is 91.0 Å². The van der Waals surface area contributed by atoms with Crippen LogP contribution in [-0.2, 0) is 12.1 Å². The molecular weight excluding hydrogens is 450 g/mol. The molecule has 162 valence electrons. The first-order valence-corrected chi connectivity index (χ1v) is 10.5. The van der Waals surface area contributed by atoms with E-state index in [1.54, 1.807) is 0 Å². The summed E-state index contributed by atoms with van der Waals surface area (Å²) < 4.78 is 0.831. The third-order valence-electron chi connectivity index (χ3n) is 6.00. The van der Waals surface area contributed by atoms with Crippen LogP contribution in [0.3, 0.4) is 0 Å². The highest BCUT2D eigenvalue weighted by Crippen LogP contribution is 2.34. The highest BCUT2D eigenvalue weighted by molar-refractivity contribution is 5.79. The van der Waals surface area contributed by atoms with E-state index in [4.69, 9.17) is 0 Å². The summed E-state index contributed by atoms with van der Waals surface area (Å²) in [7, 11) is 4.45. The maximum Gasteiger partial charge on any atom is 0.318 e. The largest absolute Gasteiger partial charge is 1.00 e. The van der Waals surface area contributed by atoms with E-state index in [2.05, 4.69) is 67.9 Å². The van der Waals surface area contributed by atoms with Crippen molar-refractivity contribution in [2.75, 3.05) is 33.7 Å². The zero-order valence-electron chi connectivity index (χ0n) is 18.2. The van der Waals surface area contributed by atoms with Crippen LogP contribution in [0.1, 0.15) is 16.7 Å². The number of amides is 2. The Morgan fingerprint density at radius 1 is 0.839 bits per heavy atom. The van der Waals surface area contributed by atoms with E-state index in [0.29, 0.717) is 13.1 Å². The number of nitrogens with zero attached hydrogens (tertiary/aromatic N) is 2. The van der Waals surface area contributed by atoms with E-state index in [-0.39, 0.29) is 23.0 Å². The number of rotatable bonds is 7. The van der Waals surface area contributed by atoms with Crippen molar-refractivity contribution in [3.05, 3.63) is 108 Å². The molecule has 1 saturated heterocycles. The molecule has 4 rings (SSSR count). The fraction of sp³-hybridized carbons (Fsp3) is 0.269. The molecule has 1 N–H and O–H groups in total. The monoisotopic (exact) mass is 479 g/mol. The summed E-state index contributed by atoms with van der Waals surface area (Å²) in [5.41, 5.74) is 3.03. The van der Waals surface area contributed by atoms with E-state index in [0.717, 1.165) is 28.7 Å². The molecule has 2 amide bonds. The average molecular weight is 480 g/mol. The lowest BCUT2D eigenvalue weighted by molar-refractivity contribution is -0.903. The standard InChI is InChI=1S/C26H29N3O.BrH/c1-29(2,20-22-12-6-3-7-13-22)19-18-28-21-26(27-25(28)30,23-14-8-4-9-15-23)24-16-10-5-11-17-24;/h3-17H,18-21H2,1-2H3;1H. The molecule has 0 spiro atoms. The zero-order valence-corrected chi connectivity index (χ0v) is 19.8. The first-order valence-electron chi connectivity index (χ1n) is 10.5. The number of carbonyl (C=O) groups is 1. The number of hydrogen-bond acceptors (Lipinski definition) is 1. The second kappa shape index (κ2) is 9.67. The highest BCUT2D eigenvalue weighted by atomic mass is 79.9. The van der Waals surface area contributed by atoms with E-state index < -0.39 is 5.54 Å². The smallest absolute Gasteiger partial charge is 0.318 e. The van der Waals surface area contributed by atoms with Gasteiger partial charge in [0.2, 0.25) is 0 Å². The van der Waals surface area contributed by atoms with Crippen LogP contribution < -0.4 is 22.3 Å². The summed E-state index contributed by atoms with van der Waals surface area (Å²) in [5, 5.41) is 3.32. The molecule has 3 aromatic carbocycles. The Balaban J connectivity index is 0.00000272. The molecular formula is C26H30BrN3O. The van der Waals surface area contributed by atoms with Gasteiger partial charge in [0.15, 0.2) is 0 Å². The molecule has 0 radical (unpaired) electrons. The number of urea groups is 1. The van der Waals surface area contributed by atoms with Gasteiger partial charge in [-0.3, -0.25) is 0 Å². The van der Waals surface area contributed by atoms with Crippen molar-refractivity contribution in [1.29, 1.82) is 0 Å².